The lowest BCUT2D eigenvalue weighted by Crippen LogP contribution is -2.24. The Bertz CT molecular complexity index is 1510. The molecule has 0 atom stereocenters. The largest absolute Gasteiger partial charge is 0.355 e. The molecule has 2 aromatic rings. The quantitative estimate of drug-likeness (QED) is 0.259. The molecule has 5 rings (SSSR count). The van der Waals surface area contributed by atoms with Gasteiger partial charge in [-0.2, -0.15) is 0 Å². The summed E-state index contributed by atoms with van der Waals surface area (Å²) in [4.78, 5) is 2.48. The van der Waals surface area contributed by atoms with Gasteiger partial charge in [0.1, 0.15) is 0 Å². The highest BCUT2D eigenvalue weighted by Gasteiger charge is 2.18. The highest BCUT2D eigenvalue weighted by molar-refractivity contribution is 5.72. The summed E-state index contributed by atoms with van der Waals surface area (Å²) in [6.07, 6.45) is 41.8. The predicted molar refractivity (Wildman–Crippen MR) is 195 cm³/mol. The topological polar surface area (TPSA) is 15.3 Å². The number of nitrogens with zero attached hydrogens (tertiary/aromatic N) is 1. The smallest absolute Gasteiger partial charge is 0.0446 e. The van der Waals surface area contributed by atoms with Crippen LogP contribution in [0, 0.1) is 12.8 Å². The lowest BCUT2D eigenvalue weighted by atomic mass is 9.93. The summed E-state index contributed by atoms with van der Waals surface area (Å²) in [7, 11) is 0. The van der Waals surface area contributed by atoms with Crippen molar-refractivity contribution in [2.75, 3.05) is 16.8 Å². The molecule has 0 amide bonds. The first-order valence-corrected chi connectivity index (χ1v) is 15.9. The van der Waals surface area contributed by atoms with Gasteiger partial charge in [-0.05, 0) is 104 Å². The van der Waals surface area contributed by atoms with Gasteiger partial charge in [0.05, 0.1) is 0 Å². The first-order chi connectivity index (χ1) is 21.8. The van der Waals surface area contributed by atoms with Crippen molar-refractivity contribution in [1.29, 1.82) is 0 Å². The normalized spacial score (nSPS) is 18.0. The second-order valence-electron chi connectivity index (χ2n) is 10.3. The molecule has 3 aliphatic rings. The van der Waals surface area contributed by atoms with E-state index in [9.17, 15) is 0 Å². The Morgan fingerprint density at radius 1 is 0.841 bits per heavy atom. The number of anilines is 2. The van der Waals surface area contributed by atoms with Crippen LogP contribution in [0.5, 0.6) is 0 Å². The van der Waals surface area contributed by atoms with Crippen LogP contribution in [0.15, 0.2) is 150 Å². The monoisotopic (exact) mass is 580 g/mol. The van der Waals surface area contributed by atoms with E-state index < -0.39 is 0 Å². The van der Waals surface area contributed by atoms with E-state index in [1.54, 1.807) is 0 Å². The Morgan fingerprint density at radius 2 is 1.61 bits per heavy atom. The van der Waals surface area contributed by atoms with Gasteiger partial charge in [-0.1, -0.05) is 111 Å². The highest BCUT2D eigenvalue weighted by atomic mass is 15.1. The van der Waals surface area contributed by atoms with E-state index in [1.807, 2.05) is 20.8 Å². The van der Waals surface area contributed by atoms with Crippen LogP contribution in [0.4, 0.5) is 11.4 Å². The van der Waals surface area contributed by atoms with Gasteiger partial charge in [0.15, 0.2) is 0 Å². The Morgan fingerprint density at radius 3 is 2.34 bits per heavy atom. The van der Waals surface area contributed by atoms with Gasteiger partial charge in [-0.15, -0.1) is 12.8 Å². The molecule has 0 aromatic heterocycles. The van der Waals surface area contributed by atoms with Gasteiger partial charge in [-0.25, -0.2) is 0 Å². The van der Waals surface area contributed by atoms with Crippen molar-refractivity contribution in [3.8, 4) is 12.8 Å². The van der Waals surface area contributed by atoms with Crippen LogP contribution >= 0.6 is 0 Å². The van der Waals surface area contributed by atoms with Gasteiger partial charge in [-0.3, -0.25) is 0 Å². The molecule has 0 saturated heterocycles. The van der Waals surface area contributed by atoms with Gasteiger partial charge < -0.3 is 10.2 Å². The Hall–Kier alpha value is -4.74. The average molecular weight is 581 g/mol. The summed E-state index contributed by atoms with van der Waals surface area (Å²) in [6.45, 7) is 9.06. The maximum absolute atomic E-state index is 4.00. The molecule has 1 aliphatic heterocycles. The minimum atomic E-state index is 0.892. The number of fused-ring (bicyclic) bond motifs is 1. The number of benzene rings is 2. The first kappa shape index (κ1) is 33.8. The molecular weight excluding hydrogens is 532 g/mol. The predicted octanol–water partition coefficient (Wildman–Crippen LogP) is 11.3. The SMILES string of the molecule is C#C.CC.C\C=C/C=C\C(=C\C)C1=C(Nc2ccc(C3=CC=C(N4C/C=C\C=C/Cc5ccccc54)CC3)cc2)C=CCC1. The van der Waals surface area contributed by atoms with Crippen LogP contribution in [-0.2, 0) is 6.42 Å². The third-order valence-electron chi connectivity index (χ3n) is 7.71. The summed E-state index contributed by atoms with van der Waals surface area (Å²) >= 11 is 0. The van der Waals surface area contributed by atoms with Crippen molar-refractivity contribution in [2.24, 2.45) is 0 Å². The number of hydrogen-bond acceptors (Lipinski definition) is 2. The van der Waals surface area contributed by atoms with Gasteiger partial charge in [0.25, 0.3) is 0 Å². The second kappa shape index (κ2) is 18.7. The summed E-state index contributed by atoms with van der Waals surface area (Å²) in [5.41, 5.74) is 11.7. The molecule has 0 bridgehead atoms. The zero-order chi connectivity index (χ0) is 31.6. The zero-order valence-electron chi connectivity index (χ0n) is 27.0. The Balaban J connectivity index is 0.00000127. The van der Waals surface area contributed by atoms with Crippen molar-refractivity contribution in [2.45, 2.75) is 59.8 Å². The third kappa shape index (κ3) is 9.13. The van der Waals surface area contributed by atoms with E-state index in [-0.39, 0.29) is 0 Å². The van der Waals surface area contributed by atoms with Crippen molar-refractivity contribution in [1.82, 2.24) is 0 Å². The molecule has 44 heavy (non-hydrogen) atoms. The molecule has 1 N–H and O–H groups in total. The van der Waals surface area contributed by atoms with Crippen LogP contribution < -0.4 is 10.2 Å². The van der Waals surface area contributed by atoms with Crippen molar-refractivity contribution in [3.05, 3.63) is 161 Å². The summed E-state index contributed by atoms with van der Waals surface area (Å²) in [6, 6.07) is 17.7. The summed E-state index contributed by atoms with van der Waals surface area (Å²) in [5.74, 6) is 0. The fraction of sp³-hybridized carbons (Fsp3) is 0.238. The fourth-order valence-corrected chi connectivity index (χ4v) is 5.57. The maximum Gasteiger partial charge on any atom is 0.0446 e. The molecule has 0 spiro atoms. The van der Waals surface area contributed by atoms with E-state index in [2.05, 4.69) is 158 Å². The molecule has 2 aliphatic carbocycles. The van der Waals surface area contributed by atoms with Crippen LogP contribution in [0.1, 0.15) is 64.5 Å². The number of rotatable bonds is 7. The Labute approximate surface area is 267 Å². The van der Waals surface area contributed by atoms with Crippen LogP contribution in [0.2, 0.25) is 0 Å². The van der Waals surface area contributed by atoms with E-state index in [0.29, 0.717) is 0 Å². The number of hydrogen-bond donors (Lipinski definition) is 1. The van der Waals surface area contributed by atoms with Crippen LogP contribution in [0.25, 0.3) is 5.57 Å². The molecule has 2 nitrogen and oxygen atoms in total. The zero-order valence-corrected chi connectivity index (χ0v) is 27.0. The van der Waals surface area contributed by atoms with Crippen molar-refractivity contribution < 1.29 is 0 Å². The van der Waals surface area contributed by atoms with Crippen LogP contribution in [0.3, 0.4) is 0 Å². The molecule has 0 radical (unpaired) electrons. The lowest BCUT2D eigenvalue weighted by molar-refractivity contribution is 0.873. The van der Waals surface area contributed by atoms with Crippen LogP contribution in [-0.4, -0.2) is 6.54 Å². The van der Waals surface area contributed by atoms with E-state index in [1.165, 1.54) is 44.9 Å². The van der Waals surface area contributed by atoms with Crippen molar-refractivity contribution in [3.63, 3.8) is 0 Å². The molecular formula is C42H48N2. The summed E-state index contributed by atoms with van der Waals surface area (Å²) in [5, 5.41) is 3.69. The van der Waals surface area contributed by atoms with E-state index >= 15 is 0 Å². The first-order valence-electron chi connectivity index (χ1n) is 15.9. The van der Waals surface area contributed by atoms with E-state index in [0.717, 1.165) is 44.3 Å². The number of terminal acetylenes is 1. The standard InChI is InChI=1S/C38H40N2.C2H6.C2H2/c1-3-5-8-15-30(4-2)36-18-11-12-19-37(36)39-34-25-21-31(22-26-34)32-23-27-35(28-24-32)40-29-14-7-6-9-16-33-17-10-13-20-38(33)40;2*1-2/h3-10,12-15,17,19-23,25-27,39H,11,16,18,24,28-29H2,1-2H3;1-2H3;1-2H/b5-3-,9-6-,14-7-,15-8-,30-4-;;. The minimum Gasteiger partial charge on any atom is -0.355 e. The van der Waals surface area contributed by atoms with Gasteiger partial charge >= 0.3 is 0 Å². The minimum absolute atomic E-state index is 0.892. The molecule has 0 unspecified atom stereocenters. The van der Waals surface area contributed by atoms with Gasteiger partial charge in [0.2, 0.25) is 0 Å². The average Bonchev–Trinajstić information content (AvgIpc) is 3.20. The molecule has 226 valence electrons. The third-order valence-corrected chi connectivity index (χ3v) is 7.71. The molecule has 0 fully saturated rings. The number of para-hydroxylation sites is 1. The molecule has 0 saturated carbocycles. The number of nitrogens with one attached hydrogen (secondary N) is 1. The second-order valence-corrected chi connectivity index (χ2v) is 10.3. The summed E-state index contributed by atoms with van der Waals surface area (Å²) < 4.78 is 0. The molecule has 2 aromatic carbocycles. The van der Waals surface area contributed by atoms with Gasteiger partial charge in [0, 0.05) is 29.3 Å². The molecule has 1 heterocycles. The number of allylic oxidation sites excluding steroid dienone is 16. The maximum atomic E-state index is 4.00. The highest BCUT2D eigenvalue weighted by Crippen LogP contribution is 2.34. The lowest BCUT2D eigenvalue weighted by Gasteiger charge is -2.30. The fourth-order valence-electron chi connectivity index (χ4n) is 5.57. The Kier molecular flexibility index (Phi) is 14.4. The molecule has 2 heteroatoms. The van der Waals surface area contributed by atoms with E-state index in [4.69, 9.17) is 0 Å². The van der Waals surface area contributed by atoms with Crippen molar-refractivity contribution >= 4 is 16.9 Å².